The van der Waals surface area contributed by atoms with Gasteiger partial charge in [0.05, 0.1) is 0 Å². The van der Waals surface area contributed by atoms with E-state index in [0.29, 0.717) is 11.8 Å². The lowest BCUT2D eigenvalue weighted by Crippen LogP contribution is -2.17. The van der Waals surface area contributed by atoms with E-state index in [9.17, 15) is 0 Å². The molecule has 1 unspecified atom stereocenters. The molecule has 1 N–H and O–H groups in total. The number of hydrogen-bond donors (Lipinski definition) is 1. The van der Waals surface area contributed by atoms with E-state index in [-0.39, 0.29) is 0 Å². The lowest BCUT2D eigenvalue weighted by Gasteiger charge is -2.16. The maximum Gasteiger partial charge on any atom is 0.132 e. The van der Waals surface area contributed by atoms with Gasteiger partial charge in [0.2, 0.25) is 0 Å². The molecule has 0 bridgehead atoms. The molecule has 0 saturated carbocycles. The first-order valence-electron chi connectivity index (χ1n) is 6.30. The van der Waals surface area contributed by atoms with E-state index in [1.807, 2.05) is 6.07 Å². The molecule has 96 valence electrons. The largest absolute Gasteiger partial charge is 0.370 e. The maximum atomic E-state index is 4.50. The van der Waals surface area contributed by atoms with Crippen LogP contribution >= 0.6 is 15.9 Å². The molecule has 0 fully saturated rings. The van der Waals surface area contributed by atoms with Crippen molar-refractivity contribution in [3.8, 4) is 0 Å². The fourth-order valence-electron chi connectivity index (χ4n) is 1.39. The SMILES string of the molecule is CCCc1nc(Br)cc(NCC(C)C(C)C)n1. The molecule has 0 amide bonds. The zero-order valence-corrected chi connectivity index (χ0v) is 12.7. The van der Waals surface area contributed by atoms with Crippen molar-refractivity contribution in [1.82, 2.24) is 9.97 Å². The average molecular weight is 300 g/mol. The third-order valence-corrected chi connectivity index (χ3v) is 3.36. The zero-order valence-electron chi connectivity index (χ0n) is 11.1. The summed E-state index contributed by atoms with van der Waals surface area (Å²) in [4.78, 5) is 8.85. The summed E-state index contributed by atoms with van der Waals surface area (Å²) in [6, 6.07) is 1.94. The van der Waals surface area contributed by atoms with Crippen LogP contribution in [0.3, 0.4) is 0 Å². The maximum absolute atomic E-state index is 4.50. The Kier molecular flexibility index (Phi) is 5.89. The lowest BCUT2D eigenvalue weighted by atomic mass is 9.98. The minimum Gasteiger partial charge on any atom is -0.370 e. The van der Waals surface area contributed by atoms with E-state index >= 15 is 0 Å². The van der Waals surface area contributed by atoms with Crippen molar-refractivity contribution in [3.05, 3.63) is 16.5 Å². The first kappa shape index (κ1) is 14.4. The van der Waals surface area contributed by atoms with Gasteiger partial charge in [0.1, 0.15) is 16.2 Å². The van der Waals surface area contributed by atoms with Crippen LogP contribution < -0.4 is 5.32 Å². The van der Waals surface area contributed by atoms with Crippen LogP contribution in [-0.4, -0.2) is 16.5 Å². The molecule has 1 aromatic rings. The van der Waals surface area contributed by atoms with E-state index in [4.69, 9.17) is 0 Å². The summed E-state index contributed by atoms with van der Waals surface area (Å²) in [5.74, 6) is 3.14. The standard InChI is InChI=1S/C13H22BrN3/c1-5-6-12-16-11(14)7-13(17-12)15-8-10(4)9(2)3/h7,9-10H,5-6,8H2,1-4H3,(H,15,16,17). The van der Waals surface area contributed by atoms with E-state index in [2.05, 4.69) is 58.9 Å². The second kappa shape index (κ2) is 6.94. The minimum absolute atomic E-state index is 0.637. The minimum atomic E-state index is 0.637. The summed E-state index contributed by atoms with van der Waals surface area (Å²) in [6.07, 6.45) is 1.99. The summed E-state index contributed by atoms with van der Waals surface area (Å²) < 4.78 is 0.857. The van der Waals surface area contributed by atoms with E-state index in [1.165, 1.54) is 0 Å². The molecular weight excluding hydrogens is 278 g/mol. The van der Waals surface area contributed by atoms with Crippen molar-refractivity contribution in [2.24, 2.45) is 11.8 Å². The Morgan fingerprint density at radius 1 is 1.29 bits per heavy atom. The number of aromatic nitrogens is 2. The van der Waals surface area contributed by atoms with Gasteiger partial charge in [0.15, 0.2) is 0 Å². The van der Waals surface area contributed by atoms with Gasteiger partial charge in [-0.05, 0) is 34.2 Å². The summed E-state index contributed by atoms with van der Waals surface area (Å²) in [5.41, 5.74) is 0. The number of nitrogens with zero attached hydrogens (tertiary/aromatic N) is 2. The molecule has 0 spiro atoms. The molecule has 0 aliphatic rings. The topological polar surface area (TPSA) is 37.8 Å². The lowest BCUT2D eigenvalue weighted by molar-refractivity contribution is 0.439. The Hall–Kier alpha value is -0.640. The highest BCUT2D eigenvalue weighted by Crippen LogP contribution is 2.15. The second-order valence-electron chi connectivity index (χ2n) is 4.84. The predicted octanol–water partition coefficient (Wildman–Crippen LogP) is 3.90. The third-order valence-electron chi connectivity index (χ3n) is 2.96. The number of aryl methyl sites for hydroxylation is 1. The van der Waals surface area contributed by atoms with Gasteiger partial charge in [-0.2, -0.15) is 0 Å². The fraction of sp³-hybridized carbons (Fsp3) is 0.692. The smallest absolute Gasteiger partial charge is 0.132 e. The van der Waals surface area contributed by atoms with E-state index in [1.54, 1.807) is 0 Å². The fourth-order valence-corrected chi connectivity index (χ4v) is 1.81. The molecule has 17 heavy (non-hydrogen) atoms. The Morgan fingerprint density at radius 2 is 2.00 bits per heavy atom. The number of anilines is 1. The molecule has 1 atom stereocenters. The highest BCUT2D eigenvalue weighted by atomic mass is 79.9. The molecule has 1 rings (SSSR count). The molecule has 0 aromatic carbocycles. The van der Waals surface area contributed by atoms with Gasteiger partial charge in [0.25, 0.3) is 0 Å². The Morgan fingerprint density at radius 3 is 2.59 bits per heavy atom. The summed E-state index contributed by atoms with van der Waals surface area (Å²) in [7, 11) is 0. The van der Waals surface area contributed by atoms with Crippen LogP contribution in [-0.2, 0) is 6.42 Å². The van der Waals surface area contributed by atoms with Crippen molar-refractivity contribution in [2.45, 2.75) is 40.5 Å². The van der Waals surface area contributed by atoms with Crippen LogP contribution in [0, 0.1) is 11.8 Å². The van der Waals surface area contributed by atoms with Gasteiger partial charge in [-0.1, -0.05) is 27.7 Å². The highest BCUT2D eigenvalue weighted by Gasteiger charge is 2.08. The Bertz CT molecular complexity index is 353. The number of nitrogens with one attached hydrogen (secondary N) is 1. The van der Waals surface area contributed by atoms with Crippen molar-refractivity contribution < 1.29 is 0 Å². The van der Waals surface area contributed by atoms with Crippen molar-refractivity contribution in [3.63, 3.8) is 0 Å². The van der Waals surface area contributed by atoms with Crippen molar-refractivity contribution in [1.29, 1.82) is 0 Å². The van der Waals surface area contributed by atoms with Gasteiger partial charge >= 0.3 is 0 Å². The summed E-state index contributed by atoms with van der Waals surface area (Å²) in [5, 5.41) is 3.38. The molecule has 0 saturated heterocycles. The monoisotopic (exact) mass is 299 g/mol. The van der Waals surface area contributed by atoms with Gasteiger partial charge in [-0.3, -0.25) is 0 Å². The van der Waals surface area contributed by atoms with E-state index in [0.717, 1.165) is 35.6 Å². The normalized spacial score (nSPS) is 12.8. The molecule has 0 aliphatic carbocycles. The van der Waals surface area contributed by atoms with Crippen LogP contribution in [0.2, 0.25) is 0 Å². The number of rotatable bonds is 6. The van der Waals surface area contributed by atoms with Crippen molar-refractivity contribution >= 4 is 21.7 Å². The molecule has 0 radical (unpaired) electrons. The predicted molar refractivity (Wildman–Crippen MR) is 76.2 cm³/mol. The Balaban J connectivity index is 2.64. The zero-order chi connectivity index (χ0) is 12.8. The van der Waals surface area contributed by atoms with Gasteiger partial charge in [-0.15, -0.1) is 0 Å². The van der Waals surface area contributed by atoms with Gasteiger partial charge < -0.3 is 5.32 Å². The van der Waals surface area contributed by atoms with Crippen molar-refractivity contribution in [2.75, 3.05) is 11.9 Å². The van der Waals surface area contributed by atoms with Crippen LogP contribution in [0.15, 0.2) is 10.7 Å². The molecule has 0 aliphatic heterocycles. The Labute approximate surface area is 113 Å². The van der Waals surface area contributed by atoms with Gasteiger partial charge in [-0.25, -0.2) is 9.97 Å². The van der Waals surface area contributed by atoms with E-state index < -0.39 is 0 Å². The summed E-state index contributed by atoms with van der Waals surface area (Å²) in [6.45, 7) is 9.82. The molecular formula is C13H22BrN3. The third kappa shape index (κ3) is 5.02. The molecule has 1 aromatic heterocycles. The second-order valence-corrected chi connectivity index (χ2v) is 5.66. The van der Waals surface area contributed by atoms with Crippen LogP contribution in [0.4, 0.5) is 5.82 Å². The first-order valence-corrected chi connectivity index (χ1v) is 7.09. The first-order chi connectivity index (χ1) is 8.02. The van der Waals surface area contributed by atoms with Crippen LogP contribution in [0.25, 0.3) is 0 Å². The number of hydrogen-bond acceptors (Lipinski definition) is 3. The number of halogens is 1. The van der Waals surface area contributed by atoms with Gasteiger partial charge in [0, 0.05) is 19.0 Å². The average Bonchev–Trinajstić information content (AvgIpc) is 2.25. The highest BCUT2D eigenvalue weighted by molar-refractivity contribution is 9.10. The molecule has 3 nitrogen and oxygen atoms in total. The molecule has 1 heterocycles. The quantitative estimate of drug-likeness (QED) is 0.810. The van der Waals surface area contributed by atoms with Crippen LogP contribution in [0.1, 0.15) is 39.9 Å². The van der Waals surface area contributed by atoms with Crippen LogP contribution in [0.5, 0.6) is 0 Å². The summed E-state index contributed by atoms with van der Waals surface area (Å²) >= 11 is 3.43. The molecule has 4 heteroatoms.